The monoisotopic (exact) mass is 318 g/mol. The van der Waals surface area contributed by atoms with Crippen LogP contribution in [0.25, 0.3) is 0 Å². The van der Waals surface area contributed by atoms with Crippen molar-refractivity contribution < 1.29 is 8.85 Å². The molecule has 0 heterocycles. The van der Waals surface area contributed by atoms with Crippen LogP contribution in [-0.2, 0) is 8.85 Å². The fraction of sp³-hybridized carbons (Fsp3) is 1.00. The Morgan fingerprint density at radius 1 is 0.550 bits per heavy atom. The number of rotatable bonds is 13. The summed E-state index contributed by atoms with van der Waals surface area (Å²) in [5.74, 6) is 0. The fourth-order valence-corrected chi connectivity index (χ4v) is 11.3. The smallest absolute Gasteiger partial charge is 0.192 e. The molecule has 0 aliphatic heterocycles. The van der Waals surface area contributed by atoms with E-state index in [9.17, 15) is 0 Å². The van der Waals surface area contributed by atoms with E-state index in [1.807, 2.05) is 0 Å². The lowest BCUT2D eigenvalue weighted by atomic mass is 10.5. The summed E-state index contributed by atoms with van der Waals surface area (Å²) in [4.78, 5) is 0. The molecule has 0 fully saturated rings. The number of hydrogen-bond acceptors (Lipinski definition) is 2. The molecule has 0 bridgehead atoms. The average molecular weight is 319 g/mol. The van der Waals surface area contributed by atoms with Gasteiger partial charge in [-0.25, -0.2) is 0 Å². The maximum Gasteiger partial charge on any atom is 0.192 e. The van der Waals surface area contributed by atoms with Crippen LogP contribution >= 0.6 is 0 Å². The van der Waals surface area contributed by atoms with Gasteiger partial charge in [0.25, 0.3) is 0 Å². The highest BCUT2D eigenvalue weighted by atomic mass is 28.4. The first-order valence-electron chi connectivity index (χ1n) is 8.85. The normalized spacial score (nSPS) is 12.9. The minimum Gasteiger partial charge on any atom is -0.417 e. The third-order valence-electron chi connectivity index (χ3n) is 4.84. The Balaban J connectivity index is 4.68. The van der Waals surface area contributed by atoms with Gasteiger partial charge in [-0.05, 0) is 49.1 Å². The van der Waals surface area contributed by atoms with Crippen molar-refractivity contribution in [2.75, 3.05) is 13.2 Å². The quantitative estimate of drug-likeness (QED) is 0.399. The van der Waals surface area contributed by atoms with Crippen LogP contribution in [0.1, 0.15) is 54.4 Å². The van der Waals surface area contributed by atoms with E-state index in [4.69, 9.17) is 8.85 Å². The van der Waals surface area contributed by atoms with E-state index in [1.54, 1.807) is 0 Å². The van der Waals surface area contributed by atoms with Gasteiger partial charge in [-0.3, -0.25) is 0 Å². The summed E-state index contributed by atoms with van der Waals surface area (Å²) in [5, 5.41) is 0. The predicted molar refractivity (Wildman–Crippen MR) is 95.5 cm³/mol. The molecule has 0 unspecified atom stereocenters. The summed E-state index contributed by atoms with van der Waals surface area (Å²) >= 11 is 0. The maximum atomic E-state index is 6.37. The summed E-state index contributed by atoms with van der Waals surface area (Å²) < 4.78 is 12.7. The van der Waals surface area contributed by atoms with Crippen LogP contribution in [0.4, 0.5) is 0 Å². The van der Waals surface area contributed by atoms with Crippen LogP contribution in [-0.4, -0.2) is 29.8 Å². The SMILES string of the molecule is CCCO[Si](CC)(CC)CC[Si](CC)(CC)OCCC. The van der Waals surface area contributed by atoms with E-state index < -0.39 is 16.6 Å². The van der Waals surface area contributed by atoms with Gasteiger partial charge in [-0.15, -0.1) is 0 Å². The summed E-state index contributed by atoms with van der Waals surface area (Å²) in [6.07, 6.45) is 2.29. The average Bonchev–Trinajstić information content (AvgIpc) is 2.51. The molecule has 0 radical (unpaired) electrons. The van der Waals surface area contributed by atoms with Crippen LogP contribution in [0.3, 0.4) is 0 Å². The second-order valence-electron chi connectivity index (χ2n) is 5.98. The Morgan fingerprint density at radius 3 is 1.05 bits per heavy atom. The van der Waals surface area contributed by atoms with E-state index in [0.717, 1.165) is 26.1 Å². The van der Waals surface area contributed by atoms with Crippen molar-refractivity contribution in [3.05, 3.63) is 0 Å². The van der Waals surface area contributed by atoms with Crippen molar-refractivity contribution in [2.45, 2.75) is 90.6 Å². The van der Waals surface area contributed by atoms with Gasteiger partial charge in [0.15, 0.2) is 16.6 Å². The largest absolute Gasteiger partial charge is 0.417 e. The second kappa shape index (κ2) is 11.0. The molecule has 4 heteroatoms. The molecule has 0 saturated heterocycles. The second-order valence-corrected chi connectivity index (χ2v) is 15.1. The first-order chi connectivity index (χ1) is 9.57. The molecular formula is C16H38O2Si2. The molecule has 0 N–H and O–H groups in total. The molecule has 20 heavy (non-hydrogen) atoms. The fourth-order valence-electron chi connectivity index (χ4n) is 2.85. The Hall–Kier alpha value is 0.354. The summed E-state index contributed by atoms with van der Waals surface area (Å²) in [7, 11) is -2.98. The standard InChI is InChI=1S/C16H38O2Si2/c1-7-13-17-19(9-3,10-4)15-16-20(11-5,12-6)18-14-8-2/h7-16H2,1-6H3. The Labute approximate surface area is 129 Å². The highest BCUT2D eigenvalue weighted by molar-refractivity contribution is 6.79. The molecule has 0 aliphatic carbocycles. The molecule has 0 aromatic rings. The lowest BCUT2D eigenvalue weighted by Gasteiger charge is -2.35. The van der Waals surface area contributed by atoms with Gasteiger partial charge < -0.3 is 8.85 Å². The zero-order valence-corrected chi connectivity index (χ0v) is 16.9. The Kier molecular flexibility index (Phi) is 11.2. The van der Waals surface area contributed by atoms with Gasteiger partial charge >= 0.3 is 0 Å². The predicted octanol–water partition coefficient (Wildman–Crippen LogP) is 5.81. The van der Waals surface area contributed by atoms with Crippen molar-refractivity contribution in [3.8, 4) is 0 Å². The third-order valence-corrected chi connectivity index (χ3v) is 14.4. The van der Waals surface area contributed by atoms with Gasteiger partial charge in [0.05, 0.1) is 0 Å². The highest BCUT2D eigenvalue weighted by Gasteiger charge is 2.37. The molecule has 0 spiro atoms. The molecule has 0 amide bonds. The number of hydrogen-bond donors (Lipinski definition) is 0. The minimum atomic E-state index is -1.49. The van der Waals surface area contributed by atoms with Crippen molar-refractivity contribution >= 4 is 16.6 Å². The first kappa shape index (κ1) is 20.4. The Bertz CT molecular complexity index is 203. The van der Waals surface area contributed by atoms with Gasteiger partial charge in [0, 0.05) is 13.2 Å². The molecular weight excluding hydrogens is 280 g/mol. The van der Waals surface area contributed by atoms with Crippen LogP contribution in [0.15, 0.2) is 0 Å². The zero-order valence-electron chi connectivity index (χ0n) is 14.9. The van der Waals surface area contributed by atoms with Crippen LogP contribution in [0.2, 0.25) is 36.3 Å². The lowest BCUT2D eigenvalue weighted by Crippen LogP contribution is -2.43. The van der Waals surface area contributed by atoms with Crippen LogP contribution in [0.5, 0.6) is 0 Å². The van der Waals surface area contributed by atoms with Crippen LogP contribution in [0, 0.1) is 0 Å². The molecule has 0 aliphatic rings. The molecule has 0 rings (SSSR count). The summed E-state index contributed by atoms with van der Waals surface area (Å²) in [5.41, 5.74) is 0. The van der Waals surface area contributed by atoms with E-state index in [2.05, 4.69) is 41.5 Å². The summed E-state index contributed by atoms with van der Waals surface area (Å²) in [6, 6.07) is 7.67. The highest BCUT2D eigenvalue weighted by Crippen LogP contribution is 2.32. The van der Waals surface area contributed by atoms with Crippen LogP contribution < -0.4 is 0 Å². The first-order valence-corrected chi connectivity index (χ1v) is 13.9. The molecule has 0 atom stereocenters. The zero-order chi connectivity index (χ0) is 15.5. The minimum absolute atomic E-state index is 0.955. The van der Waals surface area contributed by atoms with Crippen molar-refractivity contribution in [1.29, 1.82) is 0 Å². The Morgan fingerprint density at radius 2 is 0.850 bits per heavy atom. The molecule has 0 aromatic carbocycles. The van der Waals surface area contributed by atoms with E-state index >= 15 is 0 Å². The van der Waals surface area contributed by atoms with E-state index in [0.29, 0.717) is 0 Å². The molecule has 0 saturated carbocycles. The van der Waals surface area contributed by atoms with Gasteiger partial charge in [-0.2, -0.15) is 0 Å². The topological polar surface area (TPSA) is 18.5 Å². The van der Waals surface area contributed by atoms with Gasteiger partial charge in [0.1, 0.15) is 0 Å². The third kappa shape index (κ3) is 6.41. The molecule has 0 aromatic heterocycles. The van der Waals surface area contributed by atoms with E-state index in [1.165, 1.54) is 36.3 Å². The lowest BCUT2D eigenvalue weighted by molar-refractivity contribution is 0.290. The molecule has 2 nitrogen and oxygen atoms in total. The van der Waals surface area contributed by atoms with E-state index in [-0.39, 0.29) is 0 Å². The van der Waals surface area contributed by atoms with Crippen molar-refractivity contribution in [3.63, 3.8) is 0 Å². The van der Waals surface area contributed by atoms with Crippen molar-refractivity contribution in [1.82, 2.24) is 0 Å². The van der Waals surface area contributed by atoms with Crippen molar-refractivity contribution in [2.24, 2.45) is 0 Å². The summed E-state index contributed by atoms with van der Waals surface area (Å²) in [6.45, 7) is 15.7. The maximum absolute atomic E-state index is 6.37. The van der Waals surface area contributed by atoms with Gasteiger partial charge in [0.2, 0.25) is 0 Å². The van der Waals surface area contributed by atoms with Gasteiger partial charge in [-0.1, -0.05) is 41.5 Å². The molecule has 122 valence electrons.